The van der Waals surface area contributed by atoms with Gasteiger partial charge in [-0.15, -0.1) is 0 Å². The van der Waals surface area contributed by atoms with Crippen LogP contribution in [0.4, 0.5) is 5.69 Å². The van der Waals surface area contributed by atoms with E-state index < -0.39 is 0 Å². The SMILES string of the molecule is Cc1cc(N)c2nccc(C)c2c1O. The maximum absolute atomic E-state index is 9.87. The fourth-order valence-corrected chi connectivity index (χ4v) is 1.64. The van der Waals surface area contributed by atoms with Crippen molar-refractivity contribution < 1.29 is 5.11 Å². The zero-order valence-corrected chi connectivity index (χ0v) is 8.20. The standard InChI is InChI=1S/C11H12N2O/c1-6-3-4-13-10-8(12)5-7(2)11(14)9(6)10/h3-5,14H,12H2,1-2H3. The molecule has 2 aromatic rings. The van der Waals surface area contributed by atoms with E-state index in [1.807, 2.05) is 19.9 Å². The molecule has 0 atom stereocenters. The molecule has 3 nitrogen and oxygen atoms in total. The van der Waals surface area contributed by atoms with Gasteiger partial charge < -0.3 is 10.8 Å². The van der Waals surface area contributed by atoms with Crippen molar-refractivity contribution in [3.63, 3.8) is 0 Å². The number of anilines is 1. The van der Waals surface area contributed by atoms with Gasteiger partial charge in [0.05, 0.1) is 11.2 Å². The smallest absolute Gasteiger partial charge is 0.128 e. The number of aryl methyl sites for hydroxylation is 2. The zero-order valence-electron chi connectivity index (χ0n) is 8.20. The number of hydrogen-bond donors (Lipinski definition) is 2. The molecule has 0 saturated carbocycles. The van der Waals surface area contributed by atoms with E-state index in [9.17, 15) is 5.11 Å². The van der Waals surface area contributed by atoms with E-state index in [2.05, 4.69) is 4.98 Å². The van der Waals surface area contributed by atoms with Crippen molar-refractivity contribution in [3.8, 4) is 5.75 Å². The molecule has 0 amide bonds. The van der Waals surface area contributed by atoms with Gasteiger partial charge in [0, 0.05) is 11.6 Å². The van der Waals surface area contributed by atoms with Crippen LogP contribution in [0.5, 0.6) is 5.75 Å². The van der Waals surface area contributed by atoms with Gasteiger partial charge in [-0.2, -0.15) is 0 Å². The molecule has 72 valence electrons. The predicted molar refractivity (Wildman–Crippen MR) is 57.3 cm³/mol. The highest BCUT2D eigenvalue weighted by Gasteiger charge is 2.09. The highest BCUT2D eigenvalue weighted by Crippen LogP contribution is 2.33. The summed E-state index contributed by atoms with van der Waals surface area (Å²) in [5.41, 5.74) is 8.88. The van der Waals surface area contributed by atoms with Gasteiger partial charge in [0.1, 0.15) is 5.75 Å². The largest absolute Gasteiger partial charge is 0.507 e. The van der Waals surface area contributed by atoms with Crippen LogP contribution in [-0.2, 0) is 0 Å². The summed E-state index contributed by atoms with van der Waals surface area (Å²) in [6, 6.07) is 3.60. The Morgan fingerprint density at radius 3 is 2.71 bits per heavy atom. The van der Waals surface area contributed by atoms with Crippen molar-refractivity contribution in [2.45, 2.75) is 13.8 Å². The first-order valence-electron chi connectivity index (χ1n) is 4.44. The fraction of sp³-hybridized carbons (Fsp3) is 0.182. The summed E-state index contributed by atoms with van der Waals surface area (Å²) in [5, 5.41) is 10.6. The maximum atomic E-state index is 9.87. The fourth-order valence-electron chi connectivity index (χ4n) is 1.64. The molecule has 0 saturated heterocycles. The number of nitrogens with zero attached hydrogens (tertiary/aromatic N) is 1. The number of aromatic nitrogens is 1. The quantitative estimate of drug-likeness (QED) is 0.492. The monoisotopic (exact) mass is 188 g/mol. The Labute approximate surface area is 82.2 Å². The number of rotatable bonds is 0. The van der Waals surface area contributed by atoms with Gasteiger partial charge in [0.25, 0.3) is 0 Å². The molecule has 14 heavy (non-hydrogen) atoms. The van der Waals surface area contributed by atoms with Crippen LogP contribution in [0.15, 0.2) is 18.3 Å². The van der Waals surface area contributed by atoms with Gasteiger partial charge in [0.2, 0.25) is 0 Å². The molecular formula is C11H12N2O. The normalized spacial score (nSPS) is 10.7. The first kappa shape index (κ1) is 8.81. The van der Waals surface area contributed by atoms with Crippen LogP contribution in [0.2, 0.25) is 0 Å². The van der Waals surface area contributed by atoms with Crippen LogP contribution in [0.25, 0.3) is 10.9 Å². The molecule has 0 aliphatic carbocycles. The number of pyridine rings is 1. The molecule has 0 spiro atoms. The minimum Gasteiger partial charge on any atom is -0.507 e. The molecule has 0 unspecified atom stereocenters. The van der Waals surface area contributed by atoms with Crippen molar-refractivity contribution in [1.29, 1.82) is 0 Å². The number of nitrogen functional groups attached to an aromatic ring is 1. The molecule has 1 aromatic carbocycles. The number of hydrogen-bond acceptors (Lipinski definition) is 3. The van der Waals surface area contributed by atoms with Gasteiger partial charge >= 0.3 is 0 Å². The highest BCUT2D eigenvalue weighted by molar-refractivity contribution is 5.96. The molecular weight excluding hydrogens is 176 g/mol. The second kappa shape index (κ2) is 2.87. The lowest BCUT2D eigenvalue weighted by Gasteiger charge is -2.08. The number of benzene rings is 1. The predicted octanol–water partition coefficient (Wildman–Crippen LogP) is 2.14. The molecule has 0 radical (unpaired) electrons. The van der Waals surface area contributed by atoms with Crippen LogP contribution in [-0.4, -0.2) is 10.1 Å². The number of fused-ring (bicyclic) bond motifs is 1. The zero-order chi connectivity index (χ0) is 10.3. The Morgan fingerprint density at radius 1 is 1.29 bits per heavy atom. The first-order chi connectivity index (χ1) is 6.61. The molecule has 1 heterocycles. The van der Waals surface area contributed by atoms with E-state index in [-0.39, 0.29) is 5.75 Å². The van der Waals surface area contributed by atoms with Crippen LogP contribution >= 0.6 is 0 Å². The van der Waals surface area contributed by atoms with Gasteiger partial charge in [-0.3, -0.25) is 4.98 Å². The number of nitrogens with two attached hydrogens (primary N) is 1. The third-order valence-corrected chi connectivity index (χ3v) is 2.42. The summed E-state index contributed by atoms with van der Waals surface area (Å²) in [6.45, 7) is 3.76. The van der Waals surface area contributed by atoms with Gasteiger partial charge in [-0.1, -0.05) is 0 Å². The lowest BCUT2D eigenvalue weighted by molar-refractivity contribution is 0.477. The van der Waals surface area contributed by atoms with Gasteiger partial charge in [0.15, 0.2) is 0 Å². The van der Waals surface area contributed by atoms with E-state index in [0.29, 0.717) is 11.2 Å². The van der Waals surface area contributed by atoms with E-state index in [1.54, 1.807) is 12.3 Å². The van der Waals surface area contributed by atoms with Crippen LogP contribution in [0, 0.1) is 13.8 Å². The van der Waals surface area contributed by atoms with Crippen molar-refractivity contribution in [2.24, 2.45) is 0 Å². The average molecular weight is 188 g/mol. The summed E-state index contributed by atoms with van der Waals surface area (Å²) < 4.78 is 0. The molecule has 3 heteroatoms. The summed E-state index contributed by atoms with van der Waals surface area (Å²) >= 11 is 0. The van der Waals surface area contributed by atoms with Crippen molar-refractivity contribution >= 4 is 16.6 Å². The minimum atomic E-state index is 0.278. The van der Waals surface area contributed by atoms with E-state index >= 15 is 0 Å². The van der Waals surface area contributed by atoms with Crippen molar-refractivity contribution in [1.82, 2.24) is 4.98 Å². The molecule has 2 rings (SSSR count). The van der Waals surface area contributed by atoms with E-state index in [1.165, 1.54) is 0 Å². The minimum absolute atomic E-state index is 0.278. The Balaban J connectivity index is 3.03. The molecule has 0 aliphatic rings. The topological polar surface area (TPSA) is 59.1 Å². The highest BCUT2D eigenvalue weighted by atomic mass is 16.3. The summed E-state index contributed by atoms with van der Waals surface area (Å²) in [7, 11) is 0. The van der Waals surface area contributed by atoms with E-state index in [4.69, 9.17) is 5.73 Å². The summed E-state index contributed by atoms with van der Waals surface area (Å²) in [6.07, 6.45) is 1.70. The van der Waals surface area contributed by atoms with Crippen LogP contribution in [0.1, 0.15) is 11.1 Å². The van der Waals surface area contributed by atoms with Crippen molar-refractivity contribution in [2.75, 3.05) is 5.73 Å². The van der Waals surface area contributed by atoms with Crippen molar-refractivity contribution in [3.05, 3.63) is 29.5 Å². The van der Waals surface area contributed by atoms with E-state index in [0.717, 1.165) is 16.5 Å². The number of phenolic OH excluding ortho intramolecular Hbond substituents is 1. The molecule has 0 fully saturated rings. The second-order valence-electron chi connectivity index (χ2n) is 3.48. The Bertz CT molecular complexity index is 506. The Morgan fingerprint density at radius 2 is 2.00 bits per heavy atom. The molecule has 1 aromatic heterocycles. The van der Waals surface area contributed by atoms with Gasteiger partial charge in [-0.25, -0.2) is 0 Å². The molecule has 0 bridgehead atoms. The number of phenols is 1. The Hall–Kier alpha value is -1.77. The van der Waals surface area contributed by atoms with Gasteiger partial charge in [-0.05, 0) is 37.1 Å². The third kappa shape index (κ3) is 1.09. The Kier molecular flexibility index (Phi) is 1.81. The summed E-state index contributed by atoms with van der Waals surface area (Å²) in [4.78, 5) is 4.16. The average Bonchev–Trinajstić information content (AvgIpc) is 2.14. The van der Waals surface area contributed by atoms with Crippen LogP contribution in [0.3, 0.4) is 0 Å². The summed E-state index contributed by atoms with van der Waals surface area (Å²) in [5.74, 6) is 0.278. The first-order valence-corrected chi connectivity index (χ1v) is 4.44. The molecule has 0 aliphatic heterocycles. The van der Waals surface area contributed by atoms with Crippen LogP contribution < -0.4 is 5.73 Å². The lowest BCUT2D eigenvalue weighted by atomic mass is 10.0. The maximum Gasteiger partial charge on any atom is 0.128 e. The third-order valence-electron chi connectivity index (χ3n) is 2.42. The lowest BCUT2D eigenvalue weighted by Crippen LogP contribution is -1.93. The second-order valence-corrected chi connectivity index (χ2v) is 3.48. The molecule has 3 N–H and O–H groups in total. The number of aromatic hydroxyl groups is 1.